The summed E-state index contributed by atoms with van der Waals surface area (Å²) in [5.74, 6) is 0.0398. The largest absolute Gasteiger partial charge is 0.467 e. The highest BCUT2D eigenvalue weighted by Crippen LogP contribution is 2.39. The Kier molecular flexibility index (Phi) is 6.84. The van der Waals surface area contributed by atoms with Gasteiger partial charge in [-0.3, -0.25) is 19.3 Å². The van der Waals surface area contributed by atoms with Gasteiger partial charge >= 0.3 is 0 Å². The van der Waals surface area contributed by atoms with Crippen LogP contribution in [0.1, 0.15) is 50.4 Å². The number of furan rings is 1. The second-order valence-electron chi connectivity index (χ2n) is 9.72. The van der Waals surface area contributed by atoms with Gasteiger partial charge in [-0.1, -0.05) is 35.9 Å². The monoisotopic (exact) mass is 501 g/mol. The number of nitrogens with one attached hydrogen (secondary N) is 1. The maximum absolute atomic E-state index is 13.8. The number of rotatable bonds is 5. The van der Waals surface area contributed by atoms with E-state index in [1.807, 2.05) is 50.2 Å². The first-order valence-electron chi connectivity index (χ1n) is 12.6. The molecule has 1 aromatic heterocycles. The number of piperidine rings is 1. The molecule has 2 saturated heterocycles. The van der Waals surface area contributed by atoms with Crippen molar-refractivity contribution in [2.45, 2.75) is 45.0 Å². The Bertz CT molecular complexity index is 1280. The van der Waals surface area contributed by atoms with Crippen molar-refractivity contribution in [3.05, 3.63) is 94.9 Å². The number of carbonyl (C=O) groups is 3. The Hall–Kier alpha value is -3.91. The third-order valence-corrected chi connectivity index (χ3v) is 7.30. The van der Waals surface area contributed by atoms with Crippen molar-refractivity contribution < 1.29 is 23.5 Å². The summed E-state index contributed by atoms with van der Waals surface area (Å²) in [5, 5.41) is 2.88. The molecule has 1 spiro atoms. The van der Waals surface area contributed by atoms with Crippen molar-refractivity contribution in [3.8, 4) is 0 Å². The molecule has 2 aliphatic heterocycles. The molecule has 2 aliphatic rings. The van der Waals surface area contributed by atoms with Gasteiger partial charge in [-0.05, 0) is 49.7 Å². The fourth-order valence-corrected chi connectivity index (χ4v) is 5.15. The smallest absolute Gasteiger partial charge is 0.256 e. The summed E-state index contributed by atoms with van der Waals surface area (Å²) in [4.78, 5) is 43.7. The lowest BCUT2D eigenvalue weighted by Gasteiger charge is -2.44. The molecule has 3 aromatic rings. The van der Waals surface area contributed by atoms with Crippen LogP contribution in [0.15, 0.2) is 71.3 Å². The molecule has 0 saturated carbocycles. The van der Waals surface area contributed by atoms with Crippen molar-refractivity contribution in [3.63, 3.8) is 0 Å². The Morgan fingerprint density at radius 3 is 2.35 bits per heavy atom. The molecule has 2 fully saturated rings. The normalized spacial score (nSPS) is 18.7. The van der Waals surface area contributed by atoms with Crippen molar-refractivity contribution in [2.24, 2.45) is 0 Å². The van der Waals surface area contributed by atoms with E-state index in [0.717, 1.165) is 11.1 Å². The molecule has 0 aliphatic carbocycles. The third kappa shape index (κ3) is 4.89. The molecule has 192 valence electrons. The van der Waals surface area contributed by atoms with Crippen molar-refractivity contribution in [1.29, 1.82) is 0 Å². The van der Waals surface area contributed by atoms with Crippen LogP contribution in [0.4, 0.5) is 0 Å². The van der Waals surface area contributed by atoms with Crippen LogP contribution in [-0.2, 0) is 16.1 Å². The zero-order chi connectivity index (χ0) is 26.0. The SMILES string of the molecule is Cc1ccc(C(=O)N2[C@H](C(=O)NCc3ccco3)COC23CCN(C(=O)c2ccccc2C)CC3)cc1. The number of amides is 3. The quantitative estimate of drug-likeness (QED) is 0.576. The van der Waals surface area contributed by atoms with Gasteiger partial charge in [0.2, 0.25) is 5.91 Å². The topological polar surface area (TPSA) is 92.1 Å². The van der Waals surface area contributed by atoms with Crippen molar-refractivity contribution in [1.82, 2.24) is 15.1 Å². The molecule has 8 heteroatoms. The molecule has 1 atom stereocenters. The molecular formula is C29H31N3O5. The highest BCUT2D eigenvalue weighted by molar-refractivity contribution is 5.99. The van der Waals surface area contributed by atoms with E-state index in [-0.39, 0.29) is 30.9 Å². The Labute approximate surface area is 216 Å². The van der Waals surface area contributed by atoms with Gasteiger partial charge in [0, 0.05) is 37.1 Å². The van der Waals surface area contributed by atoms with Crippen molar-refractivity contribution >= 4 is 17.7 Å². The number of nitrogens with zero attached hydrogens (tertiary/aromatic N) is 2. The van der Waals surface area contributed by atoms with Gasteiger partial charge in [0.05, 0.1) is 19.4 Å². The molecule has 0 radical (unpaired) electrons. The molecule has 0 unspecified atom stereocenters. The minimum atomic E-state index is -0.961. The minimum absolute atomic E-state index is 0.0323. The van der Waals surface area contributed by atoms with Crippen LogP contribution in [-0.4, -0.2) is 59.0 Å². The molecule has 1 N–H and O–H groups in total. The zero-order valence-corrected chi connectivity index (χ0v) is 21.1. The summed E-state index contributed by atoms with van der Waals surface area (Å²) < 4.78 is 11.6. The Balaban J connectivity index is 1.37. The first-order valence-corrected chi connectivity index (χ1v) is 12.6. The van der Waals surface area contributed by atoms with Crippen LogP contribution in [0.2, 0.25) is 0 Å². The average Bonchev–Trinajstić information content (AvgIpc) is 3.56. The number of carbonyl (C=O) groups excluding carboxylic acids is 3. The van der Waals surface area contributed by atoms with Crippen LogP contribution >= 0.6 is 0 Å². The summed E-state index contributed by atoms with van der Waals surface area (Å²) >= 11 is 0. The van der Waals surface area contributed by atoms with E-state index in [9.17, 15) is 14.4 Å². The standard InChI is InChI=1S/C29H31N3O5/c1-20-9-11-22(12-10-20)27(34)32-25(26(33)30-18-23-7-5-17-36-23)19-37-29(32)13-15-31(16-14-29)28(35)24-8-4-3-6-21(24)2/h3-12,17,25H,13-16,18-19H2,1-2H3,(H,30,33)/t25-/m0/s1. The number of hydrogen-bond acceptors (Lipinski definition) is 5. The second kappa shape index (κ2) is 10.2. The average molecular weight is 502 g/mol. The highest BCUT2D eigenvalue weighted by atomic mass is 16.5. The lowest BCUT2D eigenvalue weighted by atomic mass is 9.95. The molecular weight excluding hydrogens is 470 g/mol. The van der Waals surface area contributed by atoms with Gasteiger partial charge in [0.15, 0.2) is 0 Å². The lowest BCUT2D eigenvalue weighted by molar-refractivity contribution is -0.128. The molecule has 3 heterocycles. The van der Waals surface area contributed by atoms with E-state index < -0.39 is 11.8 Å². The Morgan fingerprint density at radius 1 is 0.946 bits per heavy atom. The van der Waals surface area contributed by atoms with E-state index >= 15 is 0 Å². The number of likely N-dealkylation sites (tertiary alicyclic amines) is 1. The lowest BCUT2D eigenvalue weighted by Crippen LogP contribution is -2.59. The van der Waals surface area contributed by atoms with Crippen LogP contribution in [0, 0.1) is 13.8 Å². The van der Waals surface area contributed by atoms with Gasteiger partial charge < -0.3 is 19.4 Å². The summed E-state index contributed by atoms with van der Waals surface area (Å²) in [7, 11) is 0. The number of hydrogen-bond donors (Lipinski definition) is 1. The van der Waals surface area contributed by atoms with E-state index in [1.54, 1.807) is 40.3 Å². The third-order valence-electron chi connectivity index (χ3n) is 7.30. The van der Waals surface area contributed by atoms with E-state index in [1.165, 1.54) is 0 Å². The fourth-order valence-electron chi connectivity index (χ4n) is 5.15. The van der Waals surface area contributed by atoms with Gasteiger partial charge in [0.25, 0.3) is 11.8 Å². The number of benzene rings is 2. The molecule has 37 heavy (non-hydrogen) atoms. The summed E-state index contributed by atoms with van der Waals surface area (Å²) in [6.07, 6.45) is 2.39. The summed E-state index contributed by atoms with van der Waals surface area (Å²) in [5.41, 5.74) is 2.18. The molecule has 3 amide bonds. The van der Waals surface area contributed by atoms with E-state index in [2.05, 4.69) is 5.32 Å². The molecule has 5 rings (SSSR count). The minimum Gasteiger partial charge on any atom is -0.467 e. The van der Waals surface area contributed by atoms with Crippen molar-refractivity contribution in [2.75, 3.05) is 19.7 Å². The number of ether oxygens (including phenoxy) is 1. The predicted molar refractivity (Wildman–Crippen MR) is 137 cm³/mol. The highest BCUT2D eigenvalue weighted by Gasteiger charge is 2.54. The van der Waals surface area contributed by atoms with Crippen LogP contribution in [0.5, 0.6) is 0 Å². The summed E-state index contributed by atoms with van der Waals surface area (Å²) in [6.45, 7) is 5.04. The maximum atomic E-state index is 13.8. The first kappa shape index (κ1) is 24.8. The first-order chi connectivity index (χ1) is 17.9. The fraction of sp³-hybridized carbons (Fsp3) is 0.345. The van der Waals surface area contributed by atoms with Gasteiger partial charge in [0.1, 0.15) is 17.5 Å². The van der Waals surface area contributed by atoms with Gasteiger partial charge in [-0.25, -0.2) is 0 Å². The molecule has 0 bridgehead atoms. The molecule has 2 aromatic carbocycles. The zero-order valence-electron chi connectivity index (χ0n) is 21.1. The predicted octanol–water partition coefficient (Wildman–Crippen LogP) is 3.69. The second-order valence-corrected chi connectivity index (χ2v) is 9.72. The van der Waals surface area contributed by atoms with E-state index in [0.29, 0.717) is 42.8 Å². The maximum Gasteiger partial charge on any atom is 0.256 e. The van der Waals surface area contributed by atoms with Gasteiger partial charge in [-0.15, -0.1) is 0 Å². The molecule has 8 nitrogen and oxygen atoms in total. The Morgan fingerprint density at radius 2 is 1.68 bits per heavy atom. The summed E-state index contributed by atoms with van der Waals surface area (Å²) in [6, 6.07) is 17.6. The van der Waals surface area contributed by atoms with Gasteiger partial charge in [-0.2, -0.15) is 0 Å². The van der Waals surface area contributed by atoms with Crippen LogP contribution < -0.4 is 5.32 Å². The number of aryl methyl sites for hydroxylation is 2. The van der Waals surface area contributed by atoms with Crippen LogP contribution in [0.3, 0.4) is 0 Å². The van der Waals surface area contributed by atoms with E-state index in [4.69, 9.17) is 9.15 Å². The van der Waals surface area contributed by atoms with Crippen LogP contribution in [0.25, 0.3) is 0 Å².